The molecule has 0 aliphatic rings. The minimum absolute atomic E-state index is 0.299. The molecule has 4 aromatic rings. The third-order valence-corrected chi connectivity index (χ3v) is 5.72. The SMILES string of the molecule is O=C(N/N=C/c1c(O)[nH]c(=O)c2ccccc12)c1sc2ccccc2c1Cl. The first-order valence-electron chi connectivity index (χ1n) is 7.90. The van der Waals surface area contributed by atoms with Gasteiger partial charge in [-0.1, -0.05) is 48.0 Å². The van der Waals surface area contributed by atoms with Gasteiger partial charge in [-0.05, 0) is 12.1 Å². The van der Waals surface area contributed by atoms with Crippen LogP contribution in [0.4, 0.5) is 0 Å². The molecule has 27 heavy (non-hydrogen) atoms. The number of aromatic amines is 1. The zero-order valence-electron chi connectivity index (χ0n) is 13.7. The molecule has 0 radical (unpaired) electrons. The first kappa shape index (κ1) is 17.3. The van der Waals surface area contributed by atoms with Crippen LogP contribution in [0.15, 0.2) is 58.4 Å². The molecule has 2 aromatic heterocycles. The van der Waals surface area contributed by atoms with E-state index in [9.17, 15) is 14.7 Å². The molecular formula is C19H12ClN3O3S. The van der Waals surface area contributed by atoms with Gasteiger partial charge in [0.05, 0.1) is 16.8 Å². The summed E-state index contributed by atoms with van der Waals surface area (Å²) in [4.78, 5) is 27.0. The van der Waals surface area contributed by atoms with Gasteiger partial charge < -0.3 is 5.11 Å². The van der Waals surface area contributed by atoms with Gasteiger partial charge in [0, 0.05) is 20.9 Å². The largest absolute Gasteiger partial charge is 0.494 e. The Bertz CT molecular complexity index is 1280. The second-order valence-corrected chi connectivity index (χ2v) is 7.13. The number of amides is 1. The number of benzene rings is 2. The van der Waals surface area contributed by atoms with E-state index in [0.29, 0.717) is 26.2 Å². The van der Waals surface area contributed by atoms with E-state index in [1.54, 1.807) is 24.3 Å². The van der Waals surface area contributed by atoms with Crippen LogP contribution in [0.25, 0.3) is 20.9 Å². The Kier molecular flexibility index (Phi) is 4.39. The molecule has 2 aromatic carbocycles. The summed E-state index contributed by atoms with van der Waals surface area (Å²) in [6, 6.07) is 14.3. The van der Waals surface area contributed by atoms with Crippen molar-refractivity contribution in [2.75, 3.05) is 0 Å². The van der Waals surface area contributed by atoms with Crippen molar-refractivity contribution < 1.29 is 9.90 Å². The van der Waals surface area contributed by atoms with E-state index >= 15 is 0 Å². The molecule has 0 atom stereocenters. The normalized spacial score (nSPS) is 11.4. The highest BCUT2D eigenvalue weighted by Gasteiger charge is 2.16. The summed E-state index contributed by atoms with van der Waals surface area (Å²) in [6.45, 7) is 0. The summed E-state index contributed by atoms with van der Waals surface area (Å²) in [7, 11) is 0. The fraction of sp³-hybridized carbons (Fsp3) is 0. The molecule has 8 heteroatoms. The van der Waals surface area contributed by atoms with Crippen LogP contribution in [0.1, 0.15) is 15.2 Å². The zero-order valence-corrected chi connectivity index (χ0v) is 15.3. The van der Waals surface area contributed by atoms with Gasteiger partial charge in [0.15, 0.2) is 0 Å². The lowest BCUT2D eigenvalue weighted by molar-refractivity contribution is 0.0959. The van der Waals surface area contributed by atoms with Gasteiger partial charge in [0.2, 0.25) is 5.88 Å². The van der Waals surface area contributed by atoms with E-state index in [1.165, 1.54) is 17.6 Å². The molecule has 4 rings (SSSR count). The van der Waals surface area contributed by atoms with Gasteiger partial charge >= 0.3 is 0 Å². The van der Waals surface area contributed by atoms with Gasteiger partial charge in [-0.2, -0.15) is 5.10 Å². The first-order chi connectivity index (χ1) is 13.1. The lowest BCUT2D eigenvalue weighted by atomic mass is 10.1. The molecular weight excluding hydrogens is 386 g/mol. The Morgan fingerprint density at radius 1 is 1.11 bits per heavy atom. The molecule has 1 amide bonds. The number of pyridine rings is 1. The number of nitrogens with one attached hydrogen (secondary N) is 2. The molecule has 6 nitrogen and oxygen atoms in total. The van der Waals surface area contributed by atoms with Crippen molar-refractivity contribution >= 4 is 55.9 Å². The van der Waals surface area contributed by atoms with Crippen LogP contribution in [0.2, 0.25) is 5.02 Å². The lowest BCUT2D eigenvalue weighted by Crippen LogP contribution is -2.17. The van der Waals surface area contributed by atoms with Crippen molar-refractivity contribution in [1.29, 1.82) is 0 Å². The molecule has 2 heterocycles. The molecule has 0 saturated carbocycles. The highest BCUT2D eigenvalue weighted by molar-refractivity contribution is 7.21. The van der Waals surface area contributed by atoms with Crippen molar-refractivity contribution in [3.63, 3.8) is 0 Å². The Hall–Kier alpha value is -3.16. The van der Waals surface area contributed by atoms with E-state index < -0.39 is 11.5 Å². The average Bonchev–Trinajstić information content (AvgIpc) is 3.01. The van der Waals surface area contributed by atoms with Gasteiger partial charge in [-0.3, -0.25) is 14.6 Å². The lowest BCUT2D eigenvalue weighted by Gasteiger charge is -2.04. The third-order valence-electron chi connectivity index (χ3n) is 4.05. The van der Waals surface area contributed by atoms with Gasteiger partial charge in [0.1, 0.15) is 4.88 Å². The number of halogens is 1. The number of nitrogens with zero attached hydrogens (tertiary/aromatic N) is 1. The van der Waals surface area contributed by atoms with Crippen molar-refractivity contribution in [1.82, 2.24) is 10.4 Å². The molecule has 0 unspecified atom stereocenters. The molecule has 134 valence electrons. The standard InChI is InChI=1S/C19H12ClN3O3S/c20-15-12-7-3-4-8-14(12)27-16(15)19(26)23-21-9-13-10-5-1-2-6-11(10)17(24)22-18(13)25/h1-9H,(H,23,26)(H2,22,24,25)/b21-9+. The summed E-state index contributed by atoms with van der Waals surface area (Å²) < 4.78 is 0.904. The molecule has 0 spiro atoms. The van der Waals surface area contributed by atoms with E-state index in [-0.39, 0.29) is 5.88 Å². The minimum Gasteiger partial charge on any atom is -0.494 e. The Labute approximate surface area is 161 Å². The number of thiophene rings is 1. The minimum atomic E-state index is -0.453. The van der Waals surface area contributed by atoms with Crippen LogP contribution >= 0.6 is 22.9 Å². The van der Waals surface area contributed by atoms with Gasteiger partial charge in [-0.25, -0.2) is 5.43 Å². The second kappa shape index (κ2) is 6.86. The predicted molar refractivity (Wildman–Crippen MR) is 108 cm³/mol. The summed E-state index contributed by atoms with van der Waals surface area (Å²) >= 11 is 7.56. The fourth-order valence-electron chi connectivity index (χ4n) is 2.78. The van der Waals surface area contributed by atoms with Crippen LogP contribution in [-0.2, 0) is 0 Å². The maximum absolute atomic E-state index is 12.4. The van der Waals surface area contributed by atoms with E-state index in [2.05, 4.69) is 15.5 Å². The quantitative estimate of drug-likeness (QED) is 0.362. The van der Waals surface area contributed by atoms with Crippen LogP contribution in [0.3, 0.4) is 0 Å². The topological polar surface area (TPSA) is 94.5 Å². The van der Waals surface area contributed by atoms with Crippen molar-refractivity contribution in [2.24, 2.45) is 5.10 Å². The smallest absolute Gasteiger partial charge is 0.283 e. The maximum Gasteiger partial charge on any atom is 0.283 e. The van der Waals surface area contributed by atoms with Crippen LogP contribution in [0.5, 0.6) is 5.88 Å². The van der Waals surface area contributed by atoms with Crippen LogP contribution < -0.4 is 11.0 Å². The number of fused-ring (bicyclic) bond motifs is 2. The summed E-state index contributed by atoms with van der Waals surface area (Å²) in [6.07, 6.45) is 1.28. The number of hydrogen-bond donors (Lipinski definition) is 3. The van der Waals surface area contributed by atoms with Crippen LogP contribution in [-0.4, -0.2) is 22.2 Å². The number of aromatic nitrogens is 1. The van der Waals surface area contributed by atoms with Crippen molar-refractivity contribution in [3.05, 3.63) is 74.3 Å². The van der Waals surface area contributed by atoms with E-state index in [0.717, 1.165) is 10.1 Å². The predicted octanol–water partition coefficient (Wildman–Crippen LogP) is 3.87. The van der Waals surface area contributed by atoms with Gasteiger partial charge in [-0.15, -0.1) is 11.3 Å². The van der Waals surface area contributed by atoms with Crippen molar-refractivity contribution in [3.8, 4) is 5.88 Å². The number of rotatable bonds is 3. The van der Waals surface area contributed by atoms with E-state index in [4.69, 9.17) is 11.6 Å². The molecule has 0 aliphatic heterocycles. The number of hydrazone groups is 1. The molecule has 0 aliphatic carbocycles. The highest BCUT2D eigenvalue weighted by Crippen LogP contribution is 2.34. The fourth-order valence-corrected chi connectivity index (χ4v) is 4.19. The monoisotopic (exact) mass is 397 g/mol. The number of H-pyrrole nitrogens is 1. The summed E-state index contributed by atoms with van der Waals surface area (Å²) in [5.74, 6) is -0.776. The summed E-state index contributed by atoms with van der Waals surface area (Å²) in [5, 5.41) is 16.1. The number of carbonyl (C=O) groups excluding carboxylic acids is 1. The number of carbonyl (C=O) groups is 1. The maximum atomic E-state index is 12.4. The summed E-state index contributed by atoms with van der Waals surface area (Å²) in [5.41, 5.74) is 2.31. The van der Waals surface area contributed by atoms with Crippen LogP contribution in [0, 0.1) is 0 Å². The molecule has 0 saturated heterocycles. The molecule has 0 fully saturated rings. The highest BCUT2D eigenvalue weighted by atomic mass is 35.5. The molecule has 3 N–H and O–H groups in total. The van der Waals surface area contributed by atoms with Gasteiger partial charge in [0.25, 0.3) is 11.5 Å². The average molecular weight is 398 g/mol. The number of hydrogen-bond acceptors (Lipinski definition) is 5. The first-order valence-corrected chi connectivity index (χ1v) is 9.10. The number of aromatic hydroxyl groups is 1. The Morgan fingerprint density at radius 2 is 1.78 bits per heavy atom. The third kappa shape index (κ3) is 3.07. The Balaban J connectivity index is 1.64. The Morgan fingerprint density at radius 3 is 2.52 bits per heavy atom. The second-order valence-electron chi connectivity index (χ2n) is 5.70. The van der Waals surface area contributed by atoms with Crippen molar-refractivity contribution in [2.45, 2.75) is 0 Å². The zero-order chi connectivity index (χ0) is 19.0. The molecule has 0 bridgehead atoms. The van der Waals surface area contributed by atoms with E-state index in [1.807, 2.05) is 24.3 Å².